The highest BCUT2D eigenvalue weighted by molar-refractivity contribution is 6.33. The van der Waals surface area contributed by atoms with Crippen molar-refractivity contribution in [3.05, 3.63) is 108 Å². The van der Waals surface area contributed by atoms with E-state index in [1.54, 1.807) is 18.6 Å². The van der Waals surface area contributed by atoms with Gasteiger partial charge in [-0.2, -0.15) is 0 Å². The van der Waals surface area contributed by atoms with Crippen LogP contribution in [-0.2, 0) is 0 Å². The molecule has 8 heteroatoms. The van der Waals surface area contributed by atoms with Gasteiger partial charge in [0.15, 0.2) is 0 Å². The van der Waals surface area contributed by atoms with E-state index in [1.165, 1.54) is 12.1 Å². The van der Waals surface area contributed by atoms with Crippen LogP contribution in [0.3, 0.4) is 0 Å². The molecule has 168 valence electrons. The van der Waals surface area contributed by atoms with E-state index in [2.05, 4.69) is 27.2 Å². The fourth-order valence-corrected chi connectivity index (χ4v) is 3.62. The van der Waals surface area contributed by atoms with E-state index in [9.17, 15) is 9.50 Å². The third kappa shape index (κ3) is 5.22. The Morgan fingerprint density at radius 1 is 1.18 bits per heavy atom. The minimum absolute atomic E-state index is 0.0752. The second kappa shape index (κ2) is 9.85. The minimum atomic E-state index is -0.404. The Labute approximate surface area is 196 Å². The number of rotatable bonds is 8. The maximum Gasteiger partial charge on any atom is 0.132 e. The maximum atomic E-state index is 13.3. The third-order valence-corrected chi connectivity index (χ3v) is 5.48. The lowest BCUT2D eigenvalue weighted by Gasteiger charge is -2.18. The Hall–Kier alpha value is -3.68. The number of aliphatic hydroxyl groups excluding tert-OH is 1. The summed E-state index contributed by atoms with van der Waals surface area (Å²) in [6.07, 6.45) is 5.28. The van der Waals surface area contributed by atoms with Crippen molar-refractivity contribution in [2.24, 2.45) is 0 Å². The maximum absolute atomic E-state index is 13.3. The van der Waals surface area contributed by atoms with E-state index in [0.29, 0.717) is 22.9 Å². The van der Waals surface area contributed by atoms with E-state index in [1.807, 2.05) is 54.1 Å². The number of aryl methyl sites for hydroxylation is 1. The van der Waals surface area contributed by atoms with Gasteiger partial charge in [0.1, 0.15) is 17.3 Å². The summed E-state index contributed by atoms with van der Waals surface area (Å²) in [5, 5.41) is 16.4. The Morgan fingerprint density at radius 2 is 1.97 bits per heavy atom. The van der Waals surface area contributed by atoms with Crippen LogP contribution in [0.15, 0.2) is 79.9 Å². The van der Waals surface area contributed by atoms with Crippen molar-refractivity contribution in [3.63, 3.8) is 0 Å². The highest BCUT2D eigenvalue weighted by atomic mass is 35.5. The van der Waals surface area contributed by atoms with Crippen molar-refractivity contribution in [1.82, 2.24) is 19.9 Å². The standard InChI is InChI=1S/C25H23ClFN5O/c1-16-12-28-25(31-21-9-8-19(27)10-20(21)26)11-24(16)32-13-22(29-15-32)17(2)30-23(14-33)18-6-4-3-5-7-18/h3-13,15,23,30,33H,2,14H2,1H3,(H,28,31). The summed E-state index contributed by atoms with van der Waals surface area (Å²) in [4.78, 5) is 8.86. The van der Waals surface area contributed by atoms with Gasteiger partial charge in [0.2, 0.25) is 0 Å². The zero-order valence-corrected chi connectivity index (χ0v) is 18.7. The van der Waals surface area contributed by atoms with E-state index in [4.69, 9.17) is 11.6 Å². The summed E-state index contributed by atoms with van der Waals surface area (Å²) in [6.45, 7) is 5.96. The molecule has 0 saturated heterocycles. The molecule has 0 fully saturated rings. The zero-order valence-electron chi connectivity index (χ0n) is 18.0. The molecule has 6 nitrogen and oxygen atoms in total. The van der Waals surface area contributed by atoms with E-state index in [-0.39, 0.29) is 17.7 Å². The first-order valence-corrected chi connectivity index (χ1v) is 10.7. The first-order valence-electron chi connectivity index (χ1n) is 10.3. The zero-order chi connectivity index (χ0) is 23.4. The largest absolute Gasteiger partial charge is 0.394 e. The fraction of sp³-hybridized carbons (Fsp3) is 0.120. The molecule has 2 heterocycles. The van der Waals surface area contributed by atoms with Crippen LogP contribution in [0, 0.1) is 12.7 Å². The van der Waals surface area contributed by atoms with Crippen LogP contribution in [-0.4, -0.2) is 26.2 Å². The highest BCUT2D eigenvalue weighted by Crippen LogP contribution is 2.27. The molecule has 0 aliphatic carbocycles. The summed E-state index contributed by atoms with van der Waals surface area (Å²) in [5.41, 5.74) is 4.56. The number of nitrogens with zero attached hydrogens (tertiary/aromatic N) is 3. The fourth-order valence-electron chi connectivity index (χ4n) is 3.40. The number of anilines is 2. The molecule has 2 aromatic heterocycles. The number of benzene rings is 2. The summed E-state index contributed by atoms with van der Waals surface area (Å²) in [7, 11) is 0. The lowest BCUT2D eigenvalue weighted by molar-refractivity contribution is 0.256. The molecule has 0 aliphatic rings. The molecule has 0 radical (unpaired) electrons. The van der Waals surface area contributed by atoms with Crippen molar-refractivity contribution in [2.45, 2.75) is 13.0 Å². The lowest BCUT2D eigenvalue weighted by atomic mass is 10.1. The van der Waals surface area contributed by atoms with Gasteiger partial charge in [-0.1, -0.05) is 48.5 Å². The molecule has 1 atom stereocenters. The smallest absolute Gasteiger partial charge is 0.132 e. The molecule has 3 N–H and O–H groups in total. The van der Waals surface area contributed by atoms with E-state index in [0.717, 1.165) is 16.8 Å². The molecule has 0 saturated carbocycles. The topological polar surface area (TPSA) is 75.0 Å². The number of aromatic nitrogens is 3. The van der Waals surface area contributed by atoms with Gasteiger partial charge in [0, 0.05) is 18.5 Å². The average molecular weight is 464 g/mol. The number of halogens is 2. The monoisotopic (exact) mass is 463 g/mol. The molecular formula is C25H23ClFN5O. The van der Waals surface area contributed by atoms with Crippen molar-refractivity contribution in [3.8, 4) is 5.69 Å². The van der Waals surface area contributed by atoms with Crippen LogP contribution < -0.4 is 10.6 Å². The number of pyridine rings is 1. The average Bonchev–Trinajstić information content (AvgIpc) is 3.31. The van der Waals surface area contributed by atoms with Gasteiger partial charge in [-0.25, -0.2) is 14.4 Å². The summed E-state index contributed by atoms with van der Waals surface area (Å²) in [6, 6.07) is 15.4. The van der Waals surface area contributed by atoms with Crippen molar-refractivity contribution < 1.29 is 9.50 Å². The first-order chi connectivity index (χ1) is 15.9. The van der Waals surface area contributed by atoms with Gasteiger partial charge in [0.25, 0.3) is 0 Å². The number of aliphatic hydroxyl groups is 1. The van der Waals surface area contributed by atoms with E-state index >= 15 is 0 Å². The van der Waals surface area contributed by atoms with E-state index < -0.39 is 5.82 Å². The van der Waals surface area contributed by atoms with Crippen LogP contribution in [0.1, 0.15) is 22.9 Å². The van der Waals surface area contributed by atoms with Gasteiger partial charge < -0.3 is 20.3 Å². The van der Waals surface area contributed by atoms with Gasteiger partial charge >= 0.3 is 0 Å². The Bertz CT molecular complexity index is 1280. The lowest BCUT2D eigenvalue weighted by Crippen LogP contribution is -2.22. The normalized spacial score (nSPS) is 11.8. The molecule has 0 aliphatic heterocycles. The summed E-state index contributed by atoms with van der Waals surface area (Å²) < 4.78 is 15.2. The Balaban J connectivity index is 1.54. The molecular weight excluding hydrogens is 441 g/mol. The summed E-state index contributed by atoms with van der Waals surface area (Å²) in [5.74, 6) is 0.152. The number of hydrogen-bond donors (Lipinski definition) is 3. The van der Waals surface area contributed by atoms with Crippen molar-refractivity contribution >= 4 is 28.8 Å². The predicted octanol–water partition coefficient (Wildman–Crippen LogP) is 5.41. The second-order valence-corrected chi connectivity index (χ2v) is 7.95. The van der Waals surface area contributed by atoms with Gasteiger partial charge in [0.05, 0.1) is 41.1 Å². The van der Waals surface area contributed by atoms with Crippen molar-refractivity contribution in [2.75, 3.05) is 11.9 Å². The summed E-state index contributed by atoms with van der Waals surface area (Å²) >= 11 is 6.12. The minimum Gasteiger partial charge on any atom is -0.394 e. The van der Waals surface area contributed by atoms with Crippen LogP contribution in [0.5, 0.6) is 0 Å². The molecule has 2 aromatic carbocycles. The molecule has 0 amide bonds. The molecule has 4 aromatic rings. The van der Waals surface area contributed by atoms with Crippen LogP contribution in [0.4, 0.5) is 15.9 Å². The molecule has 33 heavy (non-hydrogen) atoms. The molecule has 4 rings (SSSR count). The SMILES string of the molecule is C=C(NC(CO)c1ccccc1)c1cn(-c2cc(Nc3ccc(F)cc3Cl)ncc2C)cn1. The van der Waals surface area contributed by atoms with Gasteiger partial charge in [-0.3, -0.25) is 0 Å². The number of imidazole rings is 1. The Morgan fingerprint density at radius 3 is 2.70 bits per heavy atom. The second-order valence-electron chi connectivity index (χ2n) is 7.54. The van der Waals surface area contributed by atoms with Crippen LogP contribution in [0.25, 0.3) is 11.4 Å². The molecule has 1 unspecified atom stereocenters. The van der Waals surface area contributed by atoms with Crippen molar-refractivity contribution in [1.29, 1.82) is 0 Å². The quantitative estimate of drug-likeness (QED) is 0.326. The van der Waals surface area contributed by atoms with Gasteiger partial charge in [-0.15, -0.1) is 0 Å². The first kappa shape index (κ1) is 22.5. The highest BCUT2D eigenvalue weighted by Gasteiger charge is 2.14. The van der Waals surface area contributed by atoms with Gasteiger partial charge in [-0.05, 0) is 36.2 Å². The molecule has 0 spiro atoms. The predicted molar refractivity (Wildman–Crippen MR) is 129 cm³/mol. The Kier molecular flexibility index (Phi) is 6.72. The third-order valence-electron chi connectivity index (χ3n) is 5.17. The van der Waals surface area contributed by atoms with Crippen LogP contribution >= 0.6 is 11.6 Å². The number of nitrogens with one attached hydrogen (secondary N) is 2. The molecule has 0 bridgehead atoms. The van der Waals surface area contributed by atoms with Crippen LogP contribution in [0.2, 0.25) is 5.02 Å². The number of hydrogen-bond acceptors (Lipinski definition) is 5.